The lowest BCUT2D eigenvalue weighted by Crippen LogP contribution is -2.42. The molecule has 1 aromatic carbocycles. The number of benzene rings is 1. The van der Waals surface area contributed by atoms with Crippen molar-refractivity contribution < 1.29 is 17.9 Å². The summed E-state index contributed by atoms with van der Waals surface area (Å²) in [5.41, 5.74) is 0.737. The first-order valence-corrected chi connectivity index (χ1v) is 10.7. The number of sulfonamides is 1. The SMILES string of the molecule is COc1ccc(S(=O)(=O)N(C)CC(=O)NC2CCCCCCC2)cc1C. The Morgan fingerprint density at radius 3 is 2.38 bits per heavy atom. The zero-order chi connectivity index (χ0) is 19.2. The number of methoxy groups -OCH3 is 1. The summed E-state index contributed by atoms with van der Waals surface area (Å²) in [5, 5.41) is 3.01. The number of carbonyl (C=O) groups excluding carboxylic acids is 1. The first-order valence-electron chi connectivity index (χ1n) is 9.25. The van der Waals surface area contributed by atoms with Crippen LogP contribution in [-0.4, -0.2) is 45.4 Å². The maximum absolute atomic E-state index is 12.7. The molecule has 1 aliphatic rings. The Kier molecular flexibility index (Phi) is 7.46. The van der Waals surface area contributed by atoms with Crippen molar-refractivity contribution >= 4 is 15.9 Å². The molecule has 0 aliphatic heterocycles. The van der Waals surface area contributed by atoms with Crippen molar-refractivity contribution in [2.24, 2.45) is 0 Å². The maximum atomic E-state index is 12.7. The molecular weight excluding hydrogens is 352 g/mol. The van der Waals surface area contributed by atoms with Crippen LogP contribution in [0, 0.1) is 6.92 Å². The number of rotatable bonds is 6. The van der Waals surface area contributed by atoms with Gasteiger partial charge >= 0.3 is 0 Å². The number of hydrogen-bond donors (Lipinski definition) is 1. The van der Waals surface area contributed by atoms with Crippen LogP contribution in [0.2, 0.25) is 0 Å². The second-order valence-electron chi connectivity index (χ2n) is 7.00. The van der Waals surface area contributed by atoms with E-state index in [4.69, 9.17) is 4.74 Å². The average Bonchev–Trinajstić information content (AvgIpc) is 2.57. The Labute approximate surface area is 157 Å². The number of likely N-dealkylation sites (N-methyl/N-ethyl adjacent to an activating group) is 1. The van der Waals surface area contributed by atoms with Crippen LogP contribution in [0.3, 0.4) is 0 Å². The molecule has 1 aromatic rings. The minimum absolute atomic E-state index is 0.155. The highest BCUT2D eigenvalue weighted by molar-refractivity contribution is 7.89. The Morgan fingerprint density at radius 1 is 1.19 bits per heavy atom. The van der Waals surface area contributed by atoms with Crippen LogP contribution in [0.4, 0.5) is 0 Å². The molecule has 1 amide bonds. The molecule has 0 heterocycles. The highest BCUT2D eigenvalue weighted by Gasteiger charge is 2.24. The fourth-order valence-electron chi connectivity index (χ4n) is 3.35. The second kappa shape index (κ2) is 9.37. The number of carbonyl (C=O) groups is 1. The number of nitrogens with one attached hydrogen (secondary N) is 1. The van der Waals surface area contributed by atoms with E-state index in [0.29, 0.717) is 5.75 Å². The van der Waals surface area contributed by atoms with E-state index in [1.54, 1.807) is 26.2 Å². The van der Waals surface area contributed by atoms with E-state index >= 15 is 0 Å². The van der Waals surface area contributed by atoms with E-state index in [2.05, 4.69) is 5.32 Å². The van der Waals surface area contributed by atoms with Crippen LogP contribution in [-0.2, 0) is 14.8 Å². The van der Waals surface area contributed by atoms with E-state index < -0.39 is 10.0 Å². The summed E-state index contributed by atoms with van der Waals surface area (Å²) in [6, 6.07) is 4.86. The molecule has 0 spiro atoms. The van der Waals surface area contributed by atoms with Gasteiger partial charge in [0.2, 0.25) is 15.9 Å². The van der Waals surface area contributed by atoms with Gasteiger partial charge in [0.1, 0.15) is 5.75 Å². The van der Waals surface area contributed by atoms with Crippen molar-refractivity contribution in [3.05, 3.63) is 23.8 Å². The molecule has 2 rings (SSSR count). The van der Waals surface area contributed by atoms with Crippen molar-refractivity contribution in [1.82, 2.24) is 9.62 Å². The van der Waals surface area contributed by atoms with Gasteiger partial charge in [-0.05, 0) is 43.5 Å². The summed E-state index contributed by atoms with van der Waals surface area (Å²) in [7, 11) is -0.737. The summed E-state index contributed by atoms with van der Waals surface area (Å²) in [4.78, 5) is 12.5. The van der Waals surface area contributed by atoms with Crippen LogP contribution >= 0.6 is 0 Å². The third-order valence-corrected chi connectivity index (χ3v) is 6.71. The quantitative estimate of drug-likeness (QED) is 0.821. The van der Waals surface area contributed by atoms with Gasteiger partial charge in [-0.3, -0.25) is 4.79 Å². The Balaban J connectivity index is 1.99. The first-order chi connectivity index (χ1) is 12.3. The van der Waals surface area contributed by atoms with E-state index in [0.717, 1.165) is 35.6 Å². The predicted molar refractivity (Wildman–Crippen MR) is 102 cm³/mol. The Hall–Kier alpha value is -1.60. The summed E-state index contributed by atoms with van der Waals surface area (Å²) in [6.45, 7) is 1.61. The highest BCUT2D eigenvalue weighted by Crippen LogP contribution is 2.23. The lowest BCUT2D eigenvalue weighted by Gasteiger charge is -2.23. The van der Waals surface area contributed by atoms with Gasteiger partial charge in [-0.2, -0.15) is 4.31 Å². The van der Waals surface area contributed by atoms with Gasteiger partial charge in [-0.25, -0.2) is 8.42 Å². The molecule has 1 fully saturated rings. The third kappa shape index (κ3) is 5.45. The van der Waals surface area contributed by atoms with Crippen molar-refractivity contribution in [1.29, 1.82) is 0 Å². The van der Waals surface area contributed by atoms with E-state index in [9.17, 15) is 13.2 Å². The molecule has 146 valence electrons. The molecule has 26 heavy (non-hydrogen) atoms. The number of ether oxygens (including phenoxy) is 1. The van der Waals surface area contributed by atoms with Crippen molar-refractivity contribution in [2.75, 3.05) is 20.7 Å². The minimum Gasteiger partial charge on any atom is -0.496 e. The summed E-state index contributed by atoms with van der Waals surface area (Å²) in [6.07, 6.45) is 7.85. The normalized spacial score (nSPS) is 16.8. The molecule has 0 saturated heterocycles. The summed E-state index contributed by atoms with van der Waals surface area (Å²) >= 11 is 0. The van der Waals surface area contributed by atoms with Crippen LogP contribution in [0.25, 0.3) is 0 Å². The molecular formula is C19H30N2O4S. The van der Waals surface area contributed by atoms with E-state index in [1.165, 1.54) is 32.4 Å². The number of nitrogens with zero attached hydrogens (tertiary/aromatic N) is 1. The topological polar surface area (TPSA) is 75.7 Å². The number of aryl methyl sites for hydroxylation is 1. The molecule has 0 radical (unpaired) electrons. The van der Waals surface area contributed by atoms with Gasteiger partial charge in [-0.1, -0.05) is 32.1 Å². The van der Waals surface area contributed by atoms with Gasteiger partial charge in [0, 0.05) is 13.1 Å². The van der Waals surface area contributed by atoms with E-state index in [1.807, 2.05) is 0 Å². The number of hydrogen-bond acceptors (Lipinski definition) is 4. The minimum atomic E-state index is -3.72. The fraction of sp³-hybridized carbons (Fsp3) is 0.632. The summed E-state index contributed by atoms with van der Waals surface area (Å²) < 4.78 is 31.7. The Bertz CT molecular complexity index is 710. The van der Waals surface area contributed by atoms with Crippen molar-refractivity contribution in [2.45, 2.75) is 62.8 Å². The van der Waals surface area contributed by atoms with Crippen molar-refractivity contribution in [3.8, 4) is 5.75 Å². The predicted octanol–water partition coefficient (Wildman–Crippen LogP) is 2.85. The van der Waals surface area contributed by atoms with Gasteiger partial charge < -0.3 is 10.1 Å². The lowest BCUT2D eigenvalue weighted by atomic mass is 9.97. The van der Waals surface area contributed by atoms with Gasteiger partial charge in [0.25, 0.3) is 0 Å². The van der Waals surface area contributed by atoms with Gasteiger partial charge in [0.05, 0.1) is 18.6 Å². The highest BCUT2D eigenvalue weighted by atomic mass is 32.2. The molecule has 0 bridgehead atoms. The third-order valence-electron chi connectivity index (χ3n) is 4.91. The fourth-order valence-corrected chi connectivity index (χ4v) is 4.57. The molecule has 6 nitrogen and oxygen atoms in total. The van der Waals surface area contributed by atoms with Crippen LogP contribution < -0.4 is 10.1 Å². The second-order valence-corrected chi connectivity index (χ2v) is 9.05. The van der Waals surface area contributed by atoms with Gasteiger partial charge in [0.15, 0.2) is 0 Å². The average molecular weight is 383 g/mol. The number of amides is 1. The molecule has 0 aromatic heterocycles. The molecule has 0 unspecified atom stereocenters. The van der Waals surface area contributed by atoms with Crippen LogP contribution in [0.5, 0.6) is 5.75 Å². The standard InChI is InChI=1S/C19H30N2O4S/c1-15-13-17(11-12-18(15)25-3)26(23,24)21(2)14-19(22)20-16-9-7-5-4-6-8-10-16/h11-13,16H,4-10,14H2,1-3H3,(H,20,22). The van der Waals surface area contributed by atoms with Crippen LogP contribution in [0.1, 0.15) is 50.5 Å². The summed E-state index contributed by atoms with van der Waals surface area (Å²) in [5.74, 6) is 0.389. The monoisotopic (exact) mass is 382 g/mol. The first kappa shape index (κ1) is 20.7. The molecule has 7 heteroatoms. The lowest BCUT2D eigenvalue weighted by molar-refractivity contribution is -0.121. The smallest absolute Gasteiger partial charge is 0.243 e. The van der Waals surface area contributed by atoms with Crippen LogP contribution in [0.15, 0.2) is 23.1 Å². The molecule has 1 aliphatic carbocycles. The zero-order valence-electron chi connectivity index (χ0n) is 16.0. The largest absolute Gasteiger partial charge is 0.496 e. The molecule has 0 atom stereocenters. The van der Waals surface area contributed by atoms with Gasteiger partial charge in [-0.15, -0.1) is 0 Å². The molecule has 1 saturated carbocycles. The van der Waals surface area contributed by atoms with Crippen molar-refractivity contribution in [3.63, 3.8) is 0 Å². The van der Waals surface area contributed by atoms with E-state index in [-0.39, 0.29) is 23.4 Å². The Morgan fingerprint density at radius 2 is 1.81 bits per heavy atom. The molecule has 1 N–H and O–H groups in total. The maximum Gasteiger partial charge on any atom is 0.243 e. The zero-order valence-corrected chi connectivity index (χ0v) is 16.8.